The number of hydrogen-bond acceptors (Lipinski definition) is 3. The number of piperidine rings is 1. The molecule has 1 amide bonds. The van der Waals surface area contributed by atoms with E-state index in [1.54, 1.807) is 13.8 Å². The Balaban J connectivity index is 1.57. The van der Waals surface area contributed by atoms with Crippen LogP contribution in [0.15, 0.2) is 0 Å². The third-order valence-electron chi connectivity index (χ3n) is 6.11. The Bertz CT molecular complexity index is 662. The SMILES string of the molecule is Cc1[nH]c(C(=O)O)c(C)c1C(=O)NCC[C@H]1CCCCN1C1CCCC1. The fraction of sp³-hybridized carbons (Fsp3) is 0.700. The van der Waals surface area contributed by atoms with Crippen LogP contribution in [0.1, 0.15) is 83.5 Å². The van der Waals surface area contributed by atoms with Crippen molar-refractivity contribution >= 4 is 11.9 Å². The number of carboxylic acids is 1. The van der Waals surface area contributed by atoms with Crippen LogP contribution in [-0.2, 0) is 0 Å². The Kier molecular flexibility index (Phi) is 6.01. The molecular weight excluding hydrogens is 330 g/mol. The molecule has 2 aliphatic rings. The van der Waals surface area contributed by atoms with Gasteiger partial charge >= 0.3 is 5.97 Å². The van der Waals surface area contributed by atoms with Crippen molar-refractivity contribution in [2.75, 3.05) is 13.1 Å². The van der Waals surface area contributed by atoms with Crippen molar-refractivity contribution in [3.05, 3.63) is 22.5 Å². The van der Waals surface area contributed by atoms with E-state index < -0.39 is 5.97 Å². The molecular formula is C20H31N3O3. The molecule has 1 aliphatic heterocycles. The molecule has 0 spiro atoms. The first-order chi connectivity index (χ1) is 12.5. The molecule has 1 saturated carbocycles. The highest BCUT2D eigenvalue weighted by molar-refractivity contribution is 6.00. The number of nitrogens with one attached hydrogen (secondary N) is 2. The zero-order valence-corrected chi connectivity index (χ0v) is 15.9. The number of H-pyrrole nitrogens is 1. The van der Waals surface area contributed by atoms with Crippen molar-refractivity contribution in [1.82, 2.24) is 15.2 Å². The van der Waals surface area contributed by atoms with Gasteiger partial charge in [0.05, 0.1) is 5.56 Å². The average Bonchev–Trinajstić information content (AvgIpc) is 3.23. The van der Waals surface area contributed by atoms with Crippen molar-refractivity contribution in [2.24, 2.45) is 0 Å². The molecule has 0 aromatic carbocycles. The number of nitrogens with zero attached hydrogens (tertiary/aromatic N) is 1. The lowest BCUT2D eigenvalue weighted by Crippen LogP contribution is -2.46. The van der Waals surface area contributed by atoms with Gasteiger partial charge in [-0.3, -0.25) is 9.69 Å². The van der Waals surface area contributed by atoms with Gasteiger partial charge in [0.2, 0.25) is 0 Å². The second-order valence-corrected chi connectivity index (χ2v) is 7.80. The number of likely N-dealkylation sites (tertiary alicyclic amines) is 1. The summed E-state index contributed by atoms with van der Waals surface area (Å²) < 4.78 is 0. The summed E-state index contributed by atoms with van der Waals surface area (Å²) in [7, 11) is 0. The number of amides is 1. The van der Waals surface area contributed by atoms with Crippen molar-refractivity contribution in [1.29, 1.82) is 0 Å². The molecule has 6 nitrogen and oxygen atoms in total. The lowest BCUT2D eigenvalue weighted by molar-refractivity contribution is 0.0690. The van der Waals surface area contributed by atoms with E-state index >= 15 is 0 Å². The van der Waals surface area contributed by atoms with Gasteiger partial charge < -0.3 is 15.4 Å². The molecule has 1 saturated heterocycles. The molecule has 144 valence electrons. The predicted octanol–water partition coefficient (Wildman–Crippen LogP) is 3.25. The summed E-state index contributed by atoms with van der Waals surface area (Å²) in [4.78, 5) is 29.3. The van der Waals surface area contributed by atoms with Crippen LogP contribution in [0.2, 0.25) is 0 Å². The van der Waals surface area contributed by atoms with E-state index in [1.807, 2.05) is 0 Å². The van der Waals surface area contributed by atoms with Crippen molar-refractivity contribution in [2.45, 2.75) is 77.3 Å². The molecule has 1 aromatic heterocycles. The number of rotatable bonds is 6. The predicted molar refractivity (Wildman–Crippen MR) is 101 cm³/mol. The first kappa shape index (κ1) is 19.0. The van der Waals surface area contributed by atoms with Gasteiger partial charge in [-0.25, -0.2) is 4.79 Å². The maximum Gasteiger partial charge on any atom is 0.352 e. The number of carbonyl (C=O) groups is 2. The summed E-state index contributed by atoms with van der Waals surface area (Å²) >= 11 is 0. The minimum absolute atomic E-state index is 0.104. The first-order valence-electron chi connectivity index (χ1n) is 9.95. The van der Waals surface area contributed by atoms with Gasteiger partial charge in [-0.15, -0.1) is 0 Å². The maximum absolute atomic E-state index is 12.6. The number of aryl methyl sites for hydroxylation is 1. The van der Waals surface area contributed by atoms with Crippen LogP contribution in [-0.4, -0.2) is 52.0 Å². The summed E-state index contributed by atoms with van der Waals surface area (Å²) in [5.74, 6) is -1.20. The summed E-state index contributed by atoms with van der Waals surface area (Å²) in [6.07, 6.45) is 10.1. The number of aromatic amines is 1. The lowest BCUT2D eigenvalue weighted by atomic mass is 9.96. The van der Waals surface area contributed by atoms with Gasteiger partial charge in [-0.1, -0.05) is 19.3 Å². The summed E-state index contributed by atoms with van der Waals surface area (Å²) in [5, 5.41) is 12.2. The van der Waals surface area contributed by atoms with Gasteiger partial charge in [-0.05, 0) is 58.1 Å². The van der Waals surface area contributed by atoms with Crippen LogP contribution < -0.4 is 5.32 Å². The highest BCUT2D eigenvalue weighted by Gasteiger charge is 2.30. The molecule has 2 fully saturated rings. The zero-order valence-electron chi connectivity index (χ0n) is 15.9. The molecule has 0 bridgehead atoms. The highest BCUT2D eigenvalue weighted by Crippen LogP contribution is 2.30. The van der Waals surface area contributed by atoms with Crippen LogP contribution >= 0.6 is 0 Å². The Morgan fingerprint density at radius 3 is 2.50 bits per heavy atom. The lowest BCUT2D eigenvalue weighted by Gasteiger charge is -2.40. The van der Waals surface area contributed by atoms with Crippen molar-refractivity contribution in [3.8, 4) is 0 Å². The smallest absolute Gasteiger partial charge is 0.352 e. The fourth-order valence-corrected chi connectivity index (χ4v) is 4.79. The Morgan fingerprint density at radius 1 is 1.15 bits per heavy atom. The summed E-state index contributed by atoms with van der Waals surface area (Å²) in [6, 6.07) is 1.30. The molecule has 0 unspecified atom stereocenters. The van der Waals surface area contributed by atoms with E-state index in [9.17, 15) is 14.7 Å². The second kappa shape index (κ2) is 8.25. The minimum Gasteiger partial charge on any atom is -0.477 e. The number of hydrogen-bond donors (Lipinski definition) is 3. The normalized spacial score (nSPS) is 21.8. The molecule has 3 rings (SSSR count). The number of aromatic carboxylic acids is 1. The third-order valence-corrected chi connectivity index (χ3v) is 6.11. The van der Waals surface area contributed by atoms with Gasteiger partial charge in [0, 0.05) is 24.3 Å². The van der Waals surface area contributed by atoms with E-state index in [0.717, 1.165) is 12.5 Å². The summed E-state index contributed by atoms with van der Waals surface area (Å²) in [5.41, 5.74) is 1.70. The Morgan fingerprint density at radius 2 is 1.85 bits per heavy atom. The van der Waals surface area contributed by atoms with E-state index in [4.69, 9.17) is 0 Å². The quantitative estimate of drug-likeness (QED) is 0.726. The molecule has 3 N–H and O–H groups in total. The molecule has 1 aliphatic carbocycles. The third kappa shape index (κ3) is 3.95. The summed E-state index contributed by atoms with van der Waals surface area (Å²) in [6.45, 7) is 5.27. The van der Waals surface area contributed by atoms with Gasteiger partial charge in [0.1, 0.15) is 5.69 Å². The number of carboxylic acid groups (broad SMARTS) is 1. The Labute approximate surface area is 155 Å². The molecule has 26 heavy (non-hydrogen) atoms. The van der Waals surface area contributed by atoms with E-state index in [2.05, 4.69) is 15.2 Å². The number of aromatic nitrogens is 1. The van der Waals surface area contributed by atoms with E-state index in [1.165, 1.54) is 51.5 Å². The average molecular weight is 361 g/mol. The minimum atomic E-state index is -1.03. The maximum atomic E-state index is 12.6. The van der Waals surface area contributed by atoms with Crippen LogP contribution in [0.25, 0.3) is 0 Å². The van der Waals surface area contributed by atoms with E-state index in [-0.39, 0.29) is 11.6 Å². The van der Waals surface area contributed by atoms with Gasteiger partial charge in [-0.2, -0.15) is 0 Å². The largest absolute Gasteiger partial charge is 0.477 e. The first-order valence-corrected chi connectivity index (χ1v) is 9.95. The van der Waals surface area contributed by atoms with Crippen LogP contribution in [0.3, 0.4) is 0 Å². The fourth-order valence-electron chi connectivity index (χ4n) is 4.79. The Hall–Kier alpha value is -1.82. The topological polar surface area (TPSA) is 85.4 Å². The van der Waals surface area contributed by atoms with Crippen LogP contribution in [0.5, 0.6) is 0 Å². The van der Waals surface area contributed by atoms with E-state index in [0.29, 0.717) is 29.4 Å². The molecule has 2 heterocycles. The van der Waals surface area contributed by atoms with Crippen LogP contribution in [0, 0.1) is 13.8 Å². The number of carbonyl (C=O) groups excluding carboxylic acids is 1. The second-order valence-electron chi connectivity index (χ2n) is 7.80. The molecule has 0 radical (unpaired) electrons. The van der Waals surface area contributed by atoms with Gasteiger partial charge in [0.25, 0.3) is 5.91 Å². The molecule has 6 heteroatoms. The van der Waals surface area contributed by atoms with Crippen molar-refractivity contribution < 1.29 is 14.7 Å². The monoisotopic (exact) mass is 361 g/mol. The van der Waals surface area contributed by atoms with Gasteiger partial charge in [0.15, 0.2) is 0 Å². The molecule has 1 aromatic rings. The van der Waals surface area contributed by atoms with Crippen molar-refractivity contribution in [3.63, 3.8) is 0 Å². The zero-order chi connectivity index (χ0) is 18.7. The highest BCUT2D eigenvalue weighted by atomic mass is 16.4. The van der Waals surface area contributed by atoms with Crippen LogP contribution in [0.4, 0.5) is 0 Å². The molecule has 1 atom stereocenters. The standard InChI is InChI=1S/C20H31N3O3/c1-13-17(14(2)22-18(13)20(25)26)19(24)21-11-10-16-9-5-6-12-23(16)15-7-3-4-8-15/h15-16,22H,3-12H2,1-2H3,(H,21,24)(H,25,26)/t16-/m1/s1.